The minimum Gasteiger partial charge on any atom is -0.397 e. The third kappa shape index (κ3) is 4.51. The maximum Gasteiger partial charge on any atom is 0.227 e. The van der Waals surface area contributed by atoms with Crippen LogP contribution in [0.5, 0.6) is 0 Å². The first-order chi connectivity index (χ1) is 17.4. The van der Waals surface area contributed by atoms with E-state index in [2.05, 4.69) is 90.1 Å². The van der Waals surface area contributed by atoms with E-state index in [1.807, 2.05) is 12.3 Å². The summed E-state index contributed by atoms with van der Waals surface area (Å²) in [6.45, 7) is 7.18. The zero-order valence-electron chi connectivity index (χ0n) is 22.1. The predicted octanol–water partition coefficient (Wildman–Crippen LogP) is 5.24. The molecule has 1 aliphatic rings. The number of para-hydroxylation sites is 1. The third-order valence-electron chi connectivity index (χ3n) is 7.24. The Morgan fingerprint density at radius 1 is 1.14 bits per heavy atom. The lowest BCUT2D eigenvalue weighted by molar-refractivity contribution is 0.416. The monoisotopic (exact) mass is 483 g/mol. The molecule has 0 radical (unpaired) electrons. The summed E-state index contributed by atoms with van der Waals surface area (Å²) in [5, 5.41) is 4.72. The van der Waals surface area contributed by atoms with Gasteiger partial charge in [-0.25, -0.2) is 9.97 Å². The lowest BCUT2D eigenvalue weighted by Crippen LogP contribution is -2.29. The van der Waals surface area contributed by atoms with Crippen LogP contribution in [0.1, 0.15) is 30.0 Å². The fourth-order valence-corrected chi connectivity index (χ4v) is 5.17. The molecule has 2 aromatic heterocycles. The van der Waals surface area contributed by atoms with Gasteiger partial charge in [-0.1, -0.05) is 25.1 Å². The van der Waals surface area contributed by atoms with Gasteiger partial charge >= 0.3 is 0 Å². The number of nitrogens with two attached hydrogens (primary N) is 1. The molecule has 7 nitrogen and oxygen atoms in total. The average molecular weight is 484 g/mol. The molecule has 0 aliphatic carbocycles. The second-order valence-corrected chi connectivity index (χ2v) is 10.1. The molecule has 1 aliphatic heterocycles. The van der Waals surface area contributed by atoms with E-state index in [0.717, 1.165) is 66.4 Å². The minimum absolute atomic E-state index is 0.588. The normalized spacial score (nSPS) is 12.9. The minimum atomic E-state index is 0.588. The molecule has 2 aromatic carbocycles. The summed E-state index contributed by atoms with van der Waals surface area (Å²) in [5.41, 5.74) is 16.4. The van der Waals surface area contributed by atoms with Crippen molar-refractivity contribution < 1.29 is 0 Å². The summed E-state index contributed by atoms with van der Waals surface area (Å²) >= 11 is 0. The Bertz CT molecular complexity index is 1400. The Morgan fingerprint density at radius 2 is 1.97 bits per heavy atom. The van der Waals surface area contributed by atoms with Crippen LogP contribution in [0.15, 0.2) is 42.7 Å². The summed E-state index contributed by atoms with van der Waals surface area (Å²) in [5.74, 6) is 0.588. The van der Waals surface area contributed by atoms with Crippen molar-refractivity contribution in [3.8, 4) is 11.3 Å². The smallest absolute Gasteiger partial charge is 0.227 e. The highest BCUT2D eigenvalue weighted by Crippen LogP contribution is 2.37. The second-order valence-electron chi connectivity index (χ2n) is 10.1. The van der Waals surface area contributed by atoms with Crippen LogP contribution in [0.3, 0.4) is 0 Å². The van der Waals surface area contributed by atoms with E-state index >= 15 is 0 Å². The fourth-order valence-electron chi connectivity index (χ4n) is 5.17. The maximum atomic E-state index is 6.48. The number of benzene rings is 2. The first-order valence-corrected chi connectivity index (χ1v) is 12.9. The highest BCUT2D eigenvalue weighted by Gasteiger charge is 2.20. The van der Waals surface area contributed by atoms with Gasteiger partial charge in [-0.15, -0.1) is 0 Å². The van der Waals surface area contributed by atoms with Gasteiger partial charge in [0.25, 0.3) is 0 Å². The van der Waals surface area contributed by atoms with Crippen molar-refractivity contribution in [1.82, 2.24) is 19.4 Å². The lowest BCUT2D eigenvalue weighted by atomic mass is 10.0. The van der Waals surface area contributed by atoms with Crippen molar-refractivity contribution in [2.24, 2.45) is 0 Å². The van der Waals surface area contributed by atoms with Crippen LogP contribution >= 0.6 is 0 Å². The van der Waals surface area contributed by atoms with Crippen molar-refractivity contribution in [3.05, 3.63) is 59.4 Å². The van der Waals surface area contributed by atoms with Crippen LogP contribution in [-0.4, -0.2) is 53.7 Å². The number of rotatable bonds is 8. The topological polar surface area (TPSA) is 75.2 Å². The molecule has 0 atom stereocenters. The van der Waals surface area contributed by atoms with E-state index < -0.39 is 0 Å². The summed E-state index contributed by atoms with van der Waals surface area (Å²) in [6.07, 6.45) is 7.43. The SMILES string of the molecule is CCc1cnc(Nc2cc(N)c(N(C)CCN(C)C)cc2C)nc1-c1cn2c3c(cccc13)CCC2. The van der Waals surface area contributed by atoms with Gasteiger partial charge in [0.05, 0.1) is 22.6 Å². The standard InChI is InChI=1S/C29H37N7/c1-6-20-17-31-29(32-25-16-24(30)26(15-19(25)2)35(5)14-13-34(3)4)33-27(20)23-18-36-12-8-10-21-9-7-11-22(23)28(21)36/h7,9,11,15-18H,6,8,10,12-14,30H2,1-5H3,(H,31,32,33). The Hall–Kier alpha value is -3.58. The summed E-state index contributed by atoms with van der Waals surface area (Å²) in [7, 11) is 6.25. The lowest BCUT2D eigenvalue weighted by Gasteiger charge is -2.24. The molecule has 0 spiro atoms. The third-order valence-corrected chi connectivity index (χ3v) is 7.24. The zero-order valence-corrected chi connectivity index (χ0v) is 22.1. The Kier molecular flexibility index (Phi) is 6.58. The molecular formula is C29H37N7. The Labute approximate surface area is 214 Å². The van der Waals surface area contributed by atoms with Crippen LogP contribution in [0, 0.1) is 6.92 Å². The molecular weight excluding hydrogens is 446 g/mol. The number of nitrogen functional groups attached to an aromatic ring is 1. The van der Waals surface area contributed by atoms with Crippen LogP contribution in [0.2, 0.25) is 0 Å². The van der Waals surface area contributed by atoms with Gasteiger partial charge < -0.3 is 25.4 Å². The molecule has 188 valence electrons. The van der Waals surface area contributed by atoms with Crippen molar-refractivity contribution in [1.29, 1.82) is 0 Å². The maximum absolute atomic E-state index is 6.48. The van der Waals surface area contributed by atoms with E-state index in [1.165, 1.54) is 28.5 Å². The highest BCUT2D eigenvalue weighted by atomic mass is 15.2. The van der Waals surface area contributed by atoms with E-state index in [-0.39, 0.29) is 0 Å². The van der Waals surface area contributed by atoms with E-state index in [0.29, 0.717) is 5.95 Å². The molecule has 4 aromatic rings. The molecule has 0 fully saturated rings. The summed E-state index contributed by atoms with van der Waals surface area (Å²) in [4.78, 5) is 14.1. The molecule has 0 saturated heterocycles. The number of hydrogen-bond donors (Lipinski definition) is 2. The molecule has 5 rings (SSSR count). The zero-order chi connectivity index (χ0) is 25.4. The number of nitrogens with one attached hydrogen (secondary N) is 1. The molecule has 3 N–H and O–H groups in total. The first kappa shape index (κ1) is 24.1. The number of hydrogen-bond acceptors (Lipinski definition) is 6. The highest BCUT2D eigenvalue weighted by molar-refractivity contribution is 5.98. The van der Waals surface area contributed by atoms with Crippen LogP contribution < -0.4 is 16.0 Å². The largest absolute Gasteiger partial charge is 0.397 e. The Balaban J connectivity index is 1.49. The second kappa shape index (κ2) is 9.82. The molecule has 0 unspecified atom stereocenters. The molecule has 0 saturated carbocycles. The number of aryl methyl sites for hydroxylation is 4. The van der Waals surface area contributed by atoms with Crippen molar-refractivity contribution in [2.45, 2.75) is 39.7 Å². The molecule has 7 heteroatoms. The molecule has 3 heterocycles. The van der Waals surface area contributed by atoms with Gasteiger partial charge in [0, 0.05) is 55.7 Å². The van der Waals surface area contributed by atoms with Gasteiger partial charge in [-0.3, -0.25) is 0 Å². The van der Waals surface area contributed by atoms with Gasteiger partial charge in [0.15, 0.2) is 0 Å². The number of aromatic nitrogens is 3. The Morgan fingerprint density at radius 3 is 2.75 bits per heavy atom. The molecule has 0 amide bonds. The number of anilines is 4. The fraction of sp³-hybridized carbons (Fsp3) is 0.379. The van der Waals surface area contributed by atoms with Crippen molar-refractivity contribution >= 4 is 33.9 Å². The van der Waals surface area contributed by atoms with Crippen LogP contribution in [0.4, 0.5) is 23.0 Å². The summed E-state index contributed by atoms with van der Waals surface area (Å²) < 4.78 is 2.40. The number of nitrogens with zero attached hydrogens (tertiary/aromatic N) is 5. The van der Waals surface area contributed by atoms with Crippen molar-refractivity contribution in [2.75, 3.05) is 50.2 Å². The van der Waals surface area contributed by atoms with E-state index in [4.69, 9.17) is 10.7 Å². The van der Waals surface area contributed by atoms with Crippen LogP contribution in [0.25, 0.3) is 22.2 Å². The number of likely N-dealkylation sites (N-methyl/N-ethyl adjacent to an activating group) is 2. The molecule has 36 heavy (non-hydrogen) atoms. The first-order valence-electron chi connectivity index (χ1n) is 12.9. The van der Waals surface area contributed by atoms with Gasteiger partial charge in [-0.05, 0) is 69.1 Å². The summed E-state index contributed by atoms with van der Waals surface area (Å²) in [6, 6.07) is 10.8. The molecule has 0 bridgehead atoms. The predicted molar refractivity (Wildman–Crippen MR) is 151 cm³/mol. The average Bonchev–Trinajstić information content (AvgIpc) is 3.25. The van der Waals surface area contributed by atoms with E-state index in [1.54, 1.807) is 0 Å². The van der Waals surface area contributed by atoms with Gasteiger partial charge in [0.1, 0.15) is 0 Å². The van der Waals surface area contributed by atoms with Crippen LogP contribution in [-0.2, 0) is 19.4 Å². The van der Waals surface area contributed by atoms with E-state index in [9.17, 15) is 0 Å². The quantitative estimate of drug-likeness (QED) is 0.334. The van der Waals surface area contributed by atoms with Crippen molar-refractivity contribution in [3.63, 3.8) is 0 Å². The van der Waals surface area contributed by atoms with Gasteiger partial charge in [-0.2, -0.15) is 0 Å². The van der Waals surface area contributed by atoms with Gasteiger partial charge in [0.2, 0.25) is 5.95 Å².